The quantitative estimate of drug-likeness (QED) is 0.740. The number of nitrogens with zero attached hydrogens (tertiary/aromatic N) is 1. The Balaban J connectivity index is 1.59. The van der Waals surface area contributed by atoms with Crippen molar-refractivity contribution in [1.82, 2.24) is 4.90 Å². The normalized spacial score (nSPS) is 16.6. The average Bonchev–Trinajstić information content (AvgIpc) is 2.74. The zero-order chi connectivity index (χ0) is 19.9. The topological polar surface area (TPSA) is 59.0 Å². The van der Waals surface area contributed by atoms with E-state index in [9.17, 15) is 9.90 Å². The van der Waals surface area contributed by atoms with Crippen LogP contribution in [0.1, 0.15) is 31.7 Å². The Morgan fingerprint density at radius 3 is 2.43 bits per heavy atom. The number of piperidine rings is 1. The van der Waals surface area contributed by atoms with Crippen molar-refractivity contribution in [1.29, 1.82) is 0 Å². The predicted molar refractivity (Wildman–Crippen MR) is 110 cm³/mol. The van der Waals surface area contributed by atoms with Gasteiger partial charge in [-0.05, 0) is 48.1 Å². The summed E-state index contributed by atoms with van der Waals surface area (Å²) in [5.74, 6) is 0.117. The third-order valence-corrected chi connectivity index (χ3v) is 5.48. The predicted octanol–water partition coefficient (Wildman–Crippen LogP) is 4.21. The first-order chi connectivity index (χ1) is 13.6. The van der Waals surface area contributed by atoms with Crippen molar-refractivity contribution < 1.29 is 19.4 Å². The van der Waals surface area contributed by atoms with E-state index < -0.39 is 5.97 Å². The van der Waals surface area contributed by atoms with Gasteiger partial charge in [0.05, 0.1) is 19.8 Å². The molecule has 1 fully saturated rings. The van der Waals surface area contributed by atoms with Gasteiger partial charge in [-0.1, -0.05) is 43.3 Å². The molecule has 1 saturated heterocycles. The van der Waals surface area contributed by atoms with Crippen molar-refractivity contribution in [3.8, 4) is 16.9 Å². The Hall–Kier alpha value is -2.37. The number of methoxy groups -OCH3 is 1. The Labute approximate surface area is 166 Å². The summed E-state index contributed by atoms with van der Waals surface area (Å²) < 4.78 is 11.4. The number of carbonyl (C=O) groups is 1. The van der Waals surface area contributed by atoms with Gasteiger partial charge < -0.3 is 14.6 Å². The minimum Gasteiger partial charge on any atom is -0.497 e. The van der Waals surface area contributed by atoms with E-state index in [4.69, 9.17) is 9.47 Å². The zero-order valence-electron chi connectivity index (χ0n) is 16.6. The molecule has 1 aliphatic heterocycles. The van der Waals surface area contributed by atoms with Crippen LogP contribution in [-0.4, -0.2) is 48.3 Å². The number of hydrogen-bond acceptors (Lipinski definition) is 4. The fraction of sp³-hybridized carbons (Fsp3) is 0.435. The Kier molecular flexibility index (Phi) is 7.06. The van der Waals surface area contributed by atoms with Crippen molar-refractivity contribution in [3.05, 3.63) is 54.1 Å². The Morgan fingerprint density at radius 1 is 1.14 bits per heavy atom. The molecular weight excluding hydrogens is 354 g/mol. The first kappa shape index (κ1) is 20.4. The second kappa shape index (κ2) is 9.71. The maximum absolute atomic E-state index is 11.4. The van der Waals surface area contributed by atoms with E-state index in [1.165, 1.54) is 5.56 Å². The maximum Gasteiger partial charge on any atom is 0.320 e. The molecular formula is C23H29NO4. The number of aliphatic carboxylic acids is 1. The number of carboxylic acids is 1. The van der Waals surface area contributed by atoms with E-state index in [0.717, 1.165) is 42.8 Å². The molecule has 150 valence electrons. The molecule has 0 aromatic heterocycles. The summed E-state index contributed by atoms with van der Waals surface area (Å²) >= 11 is 0. The van der Waals surface area contributed by atoms with Crippen molar-refractivity contribution in [2.45, 2.75) is 44.9 Å². The van der Waals surface area contributed by atoms with Gasteiger partial charge in [0.25, 0.3) is 0 Å². The largest absolute Gasteiger partial charge is 0.497 e. The van der Waals surface area contributed by atoms with Crippen LogP contribution in [0.2, 0.25) is 0 Å². The van der Waals surface area contributed by atoms with Crippen LogP contribution in [0.4, 0.5) is 0 Å². The summed E-state index contributed by atoms with van der Waals surface area (Å²) in [6.07, 6.45) is 2.55. The van der Waals surface area contributed by atoms with Crippen LogP contribution < -0.4 is 4.74 Å². The summed E-state index contributed by atoms with van der Waals surface area (Å²) in [4.78, 5) is 13.4. The lowest BCUT2D eigenvalue weighted by molar-refractivity contribution is -0.144. The van der Waals surface area contributed by atoms with Gasteiger partial charge in [-0.3, -0.25) is 9.69 Å². The van der Waals surface area contributed by atoms with Gasteiger partial charge >= 0.3 is 5.97 Å². The van der Waals surface area contributed by atoms with Crippen LogP contribution in [0.15, 0.2) is 48.5 Å². The van der Waals surface area contributed by atoms with Gasteiger partial charge in [0, 0.05) is 13.1 Å². The molecule has 0 radical (unpaired) electrons. The summed E-state index contributed by atoms with van der Waals surface area (Å²) in [5, 5.41) is 9.33. The van der Waals surface area contributed by atoms with E-state index in [2.05, 4.69) is 29.2 Å². The summed E-state index contributed by atoms with van der Waals surface area (Å²) in [5.41, 5.74) is 3.47. The van der Waals surface area contributed by atoms with Crippen molar-refractivity contribution in [3.63, 3.8) is 0 Å². The molecule has 1 N–H and O–H groups in total. The number of ether oxygens (including phenoxy) is 2. The smallest absolute Gasteiger partial charge is 0.320 e. The monoisotopic (exact) mass is 383 g/mol. The molecule has 1 unspecified atom stereocenters. The molecule has 0 spiro atoms. The first-order valence-corrected chi connectivity index (χ1v) is 9.93. The highest BCUT2D eigenvalue weighted by Gasteiger charge is 2.28. The minimum absolute atomic E-state index is 0.173. The Bertz CT molecular complexity index is 766. The van der Waals surface area contributed by atoms with Crippen LogP contribution in [0, 0.1) is 0 Å². The van der Waals surface area contributed by atoms with Crippen molar-refractivity contribution in [2.24, 2.45) is 0 Å². The second-order valence-electron chi connectivity index (χ2n) is 7.19. The van der Waals surface area contributed by atoms with Gasteiger partial charge in [-0.15, -0.1) is 0 Å². The standard InChI is InChI=1S/C23H29NO4/c1-3-22(23(25)26)24-14-12-20(13-15-24)28-16-18-6-4-5-7-21(18)17-8-10-19(27-2)11-9-17/h4-11,20,22H,3,12-16H2,1-2H3,(H,25,26). The van der Waals surface area contributed by atoms with Gasteiger partial charge in [0.15, 0.2) is 0 Å². The fourth-order valence-electron chi connectivity index (χ4n) is 3.85. The molecule has 1 heterocycles. The highest BCUT2D eigenvalue weighted by Crippen LogP contribution is 2.27. The van der Waals surface area contributed by atoms with Crippen LogP contribution in [0.5, 0.6) is 5.75 Å². The lowest BCUT2D eigenvalue weighted by atomic mass is 10.00. The zero-order valence-corrected chi connectivity index (χ0v) is 16.6. The van der Waals surface area contributed by atoms with Gasteiger partial charge in [0.2, 0.25) is 0 Å². The highest BCUT2D eigenvalue weighted by molar-refractivity contribution is 5.73. The first-order valence-electron chi connectivity index (χ1n) is 9.93. The molecule has 28 heavy (non-hydrogen) atoms. The van der Waals surface area contributed by atoms with Gasteiger partial charge in [-0.2, -0.15) is 0 Å². The molecule has 5 heteroatoms. The van der Waals surface area contributed by atoms with Crippen LogP contribution in [0.3, 0.4) is 0 Å². The number of rotatable bonds is 8. The van der Waals surface area contributed by atoms with E-state index in [-0.39, 0.29) is 12.1 Å². The van der Waals surface area contributed by atoms with Crippen molar-refractivity contribution in [2.75, 3.05) is 20.2 Å². The SMILES string of the molecule is CCC(C(=O)O)N1CCC(OCc2ccccc2-c2ccc(OC)cc2)CC1. The summed E-state index contributed by atoms with van der Waals surface area (Å²) in [6.45, 7) is 4.03. The fourth-order valence-corrected chi connectivity index (χ4v) is 3.85. The van der Waals surface area contributed by atoms with E-state index in [1.54, 1.807) is 7.11 Å². The second-order valence-corrected chi connectivity index (χ2v) is 7.19. The van der Waals surface area contributed by atoms with Gasteiger partial charge in [0.1, 0.15) is 11.8 Å². The average molecular weight is 383 g/mol. The number of benzene rings is 2. The lowest BCUT2D eigenvalue weighted by Crippen LogP contribution is -2.46. The molecule has 2 aromatic rings. The van der Waals surface area contributed by atoms with Gasteiger partial charge in [-0.25, -0.2) is 0 Å². The van der Waals surface area contributed by atoms with E-state index in [0.29, 0.717) is 13.0 Å². The highest BCUT2D eigenvalue weighted by atomic mass is 16.5. The molecule has 0 aliphatic carbocycles. The molecule has 2 aromatic carbocycles. The minimum atomic E-state index is -0.727. The number of hydrogen-bond donors (Lipinski definition) is 1. The molecule has 1 atom stereocenters. The van der Waals surface area contributed by atoms with Crippen LogP contribution in [0.25, 0.3) is 11.1 Å². The van der Waals surface area contributed by atoms with Crippen LogP contribution >= 0.6 is 0 Å². The molecule has 3 rings (SSSR count). The Morgan fingerprint density at radius 2 is 1.82 bits per heavy atom. The van der Waals surface area contributed by atoms with Crippen LogP contribution in [-0.2, 0) is 16.1 Å². The van der Waals surface area contributed by atoms with Crippen molar-refractivity contribution >= 4 is 5.97 Å². The summed E-state index contributed by atoms with van der Waals surface area (Å²) in [6, 6.07) is 16.0. The number of carboxylic acid groups (broad SMARTS) is 1. The molecule has 5 nitrogen and oxygen atoms in total. The lowest BCUT2D eigenvalue weighted by Gasteiger charge is -2.35. The number of likely N-dealkylation sites (tertiary alicyclic amines) is 1. The van der Waals surface area contributed by atoms with E-state index in [1.807, 2.05) is 31.2 Å². The molecule has 0 bridgehead atoms. The molecule has 0 saturated carbocycles. The third-order valence-electron chi connectivity index (χ3n) is 5.48. The summed E-state index contributed by atoms with van der Waals surface area (Å²) in [7, 11) is 1.67. The van der Waals surface area contributed by atoms with E-state index >= 15 is 0 Å². The third kappa shape index (κ3) is 4.91. The maximum atomic E-state index is 11.4. The molecule has 0 amide bonds. The molecule has 1 aliphatic rings.